The van der Waals surface area contributed by atoms with Gasteiger partial charge in [-0.1, -0.05) is 23.7 Å². The molecule has 2 rings (SSSR count). The van der Waals surface area contributed by atoms with Crippen molar-refractivity contribution in [3.05, 3.63) is 70.3 Å². The number of phenolic OH excluding ortho intramolecular Hbond substituents is 1. The van der Waals surface area contributed by atoms with E-state index in [-0.39, 0.29) is 17.1 Å². The molecule has 138 valence electrons. The van der Waals surface area contributed by atoms with Crippen LogP contribution < -0.4 is 10.1 Å². The molecule has 6 heteroatoms. The molecule has 1 amide bonds. The van der Waals surface area contributed by atoms with Gasteiger partial charge in [0, 0.05) is 16.3 Å². The van der Waals surface area contributed by atoms with Crippen LogP contribution in [0.2, 0.25) is 5.02 Å². The van der Waals surface area contributed by atoms with E-state index in [4.69, 9.17) is 16.3 Å². The second-order valence-electron chi connectivity index (χ2n) is 5.81. The van der Waals surface area contributed by atoms with E-state index in [0.717, 1.165) is 5.56 Å². The minimum Gasteiger partial charge on any atom is -0.504 e. The van der Waals surface area contributed by atoms with Gasteiger partial charge in [0.25, 0.3) is 5.91 Å². The van der Waals surface area contributed by atoms with Crippen LogP contribution in [-0.4, -0.2) is 18.1 Å². The highest BCUT2D eigenvalue weighted by molar-refractivity contribution is 6.31. The molecule has 0 heterocycles. The lowest BCUT2D eigenvalue weighted by molar-refractivity contribution is -0.112. The zero-order chi connectivity index (χ0) is 20.0. The number of aromatic hydroxyl groups is 1. The lowest BCUT2D eigenvalue weighted by Crippen LogP contribution is -2.13. The molecule has 0 aliphatic heterocycles. The molecule has 0 atom stereocenters. The first-order chi connectivity index (χ1) is 12.9. The van der Waals surface area contributed by atoms with Crippen LogP contribution in [0.15, 0.2) is 48.6 Å². The molecule has 2 aromatic carbocycles. The monoisotopic (exact) mass is 382 g/mol. The van der Waals surface area contributed by atoms with Crippen molar-refractivity contribution < 1.29 is 14.6 Å². The van der Waals surface area contributed by atoms with Crippen molar-refractivity contribution >= 4 is 29.3 Å². The average Bonchev–Trinajstić information content (AvgIpc) is 2.65. The second-order valence-corrected chi connectivity index (χ2v) is 6.22. The standard InChI is InChI=1S/C21H19ClN2O3/c1-4-5-15-8-14(10-19(27-3)20(15)25)9-16(12-23)21(26)24-17-7-6-13(2)18(22)11-17/h4,6-11,25H,1,5H2,2-3H3,(H,24,26)/b16-9-. The summed E-state index contributed by atoms with van der Waals surface area (Å²) in [5.41, 5.74) is 2.42. The maximum atomic E-state index is 12.4. The van der Waals surface area contributed by atoms with E-state index in [1.807, 2.05) is 13.0 Å². The van der Waals surface area contributed by atoms with Crippen molar-refractivity contribution in [1.82, 2.24) is 0 Å². The maximum absolute atomic E-state index is 12.4. The number of benzene rings is 2. The zero-order valence-corrected chi connectivity index (χ0v) is 15.8. The highest BCUT2D eigenvalue weighted by atomic mass is 35.5. The number of allylic oxidation sites excluding steroid dienone is 1. The Kier molecular flexibility index (Phi) is 6.64. The number of anilines is 1. The van der Waals surface area contributed by atoms with Crippen LogP contribution in [0, 0.1) is 18.3 Å². The lowest BCUT2D eigenvalue weighted by Gasteiger charge is -2.10. The van der Waals surface area contributed by atoms with Gasteiger partial charge in [0.1, 0.15) is 11.6 Å². The number of hydrogen-bond donors (Lipinski definition) is 2. The topological polar surface area (TPSA) is 82.4 Å². The predicted molar refractivity (Wildman–Crippen MR) is 107 cm³/mol. The first-order valence-corrected chi connectivity index (χ1v) is 8.47. The van der Waals surface area contributed by atoms with Crippen molar-refractivity contribution in [1.29, 1.82) is 5.26 Å². The van der Waals surface area contributed by atoms with Crippen molar-refractivity contribution in [2.24, 2.45) is 0 Å². The van der Waals surface area contributed by atoms with E-state index < -0.39 is 5.91 Å². The summed E-state index contributed by atoms with van der Waals surface area (Å²) in [4.78, 5) is 12.4. The van der Waals surface area contributed by atoms with Crippen LogP contribution in [-0.2, 0) is 11.2 Å². The number of carbonyl (C=O) groups excluding carboxylic acids is 1. The largest absolute Gasteiger partial charge is 0.504 e. The molecule has 0 radical (unpaired) electrons. The molecule has 0 saturated heterocycles. The van der Waals surface area contributed by atoms with Gasteiger partial charge in [-0.2, -0.15) is 5.26 Å². The van der Waals surface area contributed by atoms with E-state index >= 15 is 0 Å². The number of ether oxygens (including phenoxy) is 1. The van der Waals surface area contributed by atoms with Gasteiger partial charge in [-0.25, -0.2) is 0 Å². The highest BCUT2D eigenvalue weighted by Crippen LogP contribution is 2.33. The number of nitriles is 1. The summed E-state index contributed by atoms with van der Waals surface area (Å²) in [7, 11) is 1.43. The van der Waals surface area contributed by atoms with Crippen LogP contribution in [0.4, 0.5) is 5.69 Å². The number of phenols is 1. The minimum atomic E-state index is -0.560. The summed E-state index contributed by atoms with van der Waals surface area (Å²) in [6.07, 6.45) is 3.49. The van der Waals surface area contributed by atoms with Gasteiger partial charge in [-0.15, -0.1) is 6.58 Å². The Balaban J connectivity index is 2.35. The molecular weight excluding hydrogens is 364 g/mol. The van der Waals surface area contributed by atoms with Crippen molar-refractivity contribution in [3.8, 4) is 17.6 Å². The van der Waals surface area contributed by atoms with E-state index in [0.29, 0.717) is 28.3 Å². The van der Waals surface area contributed by atoms with E-state index in [9.17, 15) is 15.2 Å². The fourth-order valence-electron chi connectivity index (χ4n) is 2.42. The van der Waals surface area contributed by atoms with Crippen LogP contribution >= 0.6 is 11.6 Å². The van der Waals surface area contributed by atoms with Crippen molar-refractivity contribution in [3.63, 3.8) is 0 Å². The van der Waals surface area contributed by atoms with Gasteiger partial charge in [0.05, 0.1) is 7.11 Å². The van der Waals surface area contributed by atoms with Gasteiger partial charge in [-0.3, -0.25) is 4.79 Å². The summed E-state index contributed by atoms with van der Waals surface area (Å²) in [6.45, 7) is 5.51. The Hall–Kier alpha value is -3.23. The number of methoxy groups -OCH3 is 1. The molecular formula is C21H19ClN2O3. The molecule has 2 aromatic rings. The van der Waals surface area contributed by atoms with Gasteiger partial charge in [-0.05, 0) is 54.8 Å². The molecule has 2 N–H and O–H groups in total. The third-order valence-electron chi connectivity index (χ3n) is 3.87. The van der Waals surface area contributed by atoms with Gasteiger partial charge >= 0.3 is 0 Å². The van der Waals surface area contributed by atoms with Gasteiger partial charge in [0.15, 0.2) is 11.5 Å². The minimum absolute atomic E-state index is 0.00630. The lowest BCUT2D eigenvalue weighted by atomic mass is 10.0. The maximum Gasteiger partial charge on any atom is 0.266 e. The number of halogens is 1. The average molecular weight is 383 g/mol. The number of nitrogens with one attached hydrogen (secondary N) is 1. The molecule has 0 saturated carbocycles. The molecule has 0 fully saturated rings. The Labute approximate surface area is 163 Å². The Morgan fingerprint density at radius 2 is 2.15 bits per heavy atom. The molecule has 0 unspecified atom stereocenters. The normalized spacial score (nSPS) is 10.8. The Morgan fingerprint density at radius 3 is 2.74 bits per heavy atom. The van der Waals surface area contributed by atoms with Gasteiger partial charge in [0.2, 0.25) is 0 Å². The summed E-state index contributed by atoms with van der Waals surface area (Å²) >= 11 is 6.06. The summed E-state index contributed by atoms with van der Waals surface area (Å²) in [6, 6.07) is 10.2. The number of aryl methyl sites for hydroxylation is 1. The quantitative estimate of drug-likeness (QED) is 0.433. The first kappa shape index (κ1) is 20.1. The van der Waals surface area contributed by atoms with Crippen molar-refractivity contribution in [2.75, 3.05) is 12.4 Å². The number of hydrogen-bond acceptors (Lipinski definition) is 4. The highest BCUT2D eigenvalue weighted by Gasteiger charge is 2.13. The summed E-state index contributed by atoms with van der Waals surface area (Å²) in [5, 5.41) is 22.7. The number of carbonyl (C=O) groups is 1. The second kappa shape index (κ2) is 8.93. The number of amides is 1. The van der Waals surface area contributed by atoms with E-state index in [1.165, 1.54) is 13.2 Å². The SMILES string of the molecule is C=CCc1cc(/C=C(/C#N)C(=O)Nc2ccc(C)c(Cl)c2)cc(OC)c1O. The zero-order valence-electron chi connectivity index (χ0n) is 15.0. The van der Waals surface area contributed by atoms with E-state index in [1.54, 1.807) is 36.4 Å². The third-order valence-corrected chi connectivity index (χ3v) is 4.27. The molecule has 0 aromatic heterocycles. The molecule has 0 spiro atoms. The van der Waals surface area contributed by atoms with E-state index in [2.05, 4.69) is 11.9 Å². The third kappa shape index (κ3) is 4.90. The van der Waals surface area contributed by atoms with Gasteiger partial charge < -0.3 is 15.2 Å². The molecule has 0 aliphatic carbocycles. The fraction of sp³-hybridized carbons (Fsp3) is 0.143. The first-order valence-electron chi connectivity index (χ1n) is 8.09. The fourth-order valence-corrected chi connectivity index (χ4v) is 2.60. The van der Waals surface area contributed by atoms with Crippen LogP contribution in [0.25, 0.3) is 6.08 Å². The van der Waals surface area contributed by atoms with Crippen molar-refractivity contribution in [2.45, 2.75) is 13.3 Å². The number of nitrogens with zero attached hydrogens (tertiary/aromatic N) is 1. The van der Waals surface area contributed by atoms with Crippen LogP contribution in [0.1, 0.15) is 16.7 Å². The number of rotatable bonds is 6. The molecule has 27 heavy (non-hydrogen) atoms. The molecule has 0 bridgehead atoms. The summed E-state index contributed by atoms with van der Waals surface area (Å²) in [5.74, 6) is -0.301. The smallest absolute Gasteiger partial charge is 0.266 e. The Morgan fingerprint density at radius 1 is 1.41 bits per heavy atom. The summed E-state index contributed by atoms with van der Waals surface area (Å²) < 4.78 is 5.16. The molecule has 5 nitrogen and oxygen atoms in total. The van der Waals surface area contributed by atoms with Crippen LogP contribution in [0.3, 0.4) is 0 Å². The molecule has 0 aliphatic rings. The predicted octanol–water partition coefficient (Wildman–Crippen LogP) is 4.64. The van der Waals surface area contributed by atoms with Crippen LogP contribution in [0.5, 0.6) is 11.5 Å². The Bertz CT molecular complexity index is 959.